The summed E-state index contributed by atoms with van der Waals surface area (Å²) in [7, 11) is 0. The Bertz CT molecular complexity index is 388. The summed E-state index contributed by atoms with van der Waals surface area (Å²) in [4.78, 5) is 18.1. The standard InChI is InChI=1S/C13H19N3O/c1-3-12(17)11-4-5-13(15-8-11)16-7-6-14-10(2)9-16/h4-5,8,10,14H,3,6-7,9H2,1-2H3. The van der Waals surface area contributed by atoms with Gasteiger partial charge in [0, 0.05) is 43.9 Å². The lowest BCUT2D eigenvalue weighted by molar-refractivity contribution is 0.0988. The molecule has 0 amide bonds. The topological polar surface area (TPSA) is 45.2 Å². The minimum Gasteiger partial charge on any atom is -0.354 e. The molecule has 17 heavy (non-hydrogen) atoms. The van der Waals surface area contributed by atoms with Crippen LogP contribution in [0.3, 0.4) is 0 Å². The van der Waals surface area contributed by atoms with Gasteiger partial charge in [0.2, 0.25) is 0 Å². The molecular formula is C13H19N3O. The van der Waals surface area contributed by atoms with Gasteiger partial charge in [-0.2, -0.15) is 0 Å². The highest BCUT2D eigenvalue weighted by molar-refractivity contribution is 5.95. The van der Waals surface area contributed by atoms with Crippen molar-refractivity contribution in [3.8, 4) is 0 Å². The number of carbonyl (C=O) groups excluding carboxylic acids is 1. The third-order valence-corrected chi connectivity index (χ3v) is 3.08. The van der Waals surface area contributed by atoms with E-state index in [0.29, 0.717) is 18.0 Å². The molecule has 4 heteroatoms. The number of nitrogens with one attached hydrogen (secondary N) is 1. The zero-order valence-corrected chi connectivity index (χ0v) is 10.4. The molecule has 2 rings (SSSR count). The molecule has 92 valence electrons. The van der Waals surface area contributed by atoms with Crippen molar-refractivity contribution >= 4 is 11.6 Å². The first kappa shape index (κ1) is 12.0. The largest absolute Gasteiger partial charge is 0.354 e. The maximum atomic E-state index is 11.5. The van der Waals surface area contributed by atoms with Crippen molar-refractivity contribution in [2.75, 3.05) is 24.5 Å². The van der Waals surface area contributed by atoms with Gasteiger partial charge in [-0.25, -0.2) is 4.98 Å². The molecule has 0 spiro atoms. The SMILES string of the molecule is CCC(=O)c1ccc(N2CCNC(C)C2)nc1. The molecular weight excluding hydrogens is 214 g/mol. The predicted octanol–water partition coefficient (Wildman–Crippen LogP) is 1.47. The third-order valence-electron chi connectivity index (χ3n) is 3.08. The molecule has 1 aromatic heterocycles. The molecule has 0 bridgehead atoms. The van der Waals surface area contributed by atoms with E-state index < -0.39 is 0 Å². The fourth-order valence-electron chi connectivity index (χ4n) is 2.08. The summed E-state index contributed by atoms with van der Waals surface area (Å²) in [5.74, 6) is 1.11. The number of nitrogens with zero attached hydrogens (tertiary/aromatic N) is 2. The predicted molar refractivity (Wildman–Crippen MR) is 68.5 cm³/mol. The van der Waals surface area contributed by atoms with Crippen molar-refractivity contribution < 1.29 is 4.79 Å². The van der Waals surface area contributed by atoms with Gasteiger partial charge in [0.25, 0.3) is 0 Å². The monoisotopic (exact) mass is 233 g/mol. The Morgan fingerprint density at radius 3 is 3.00 bits per heavy atom. The first-order valence-corrected chi connectivity index (χ1v) is 6.18. The average molecular weight is 233 g/mol. The molecule has 1 saturated heterocycles. The molecule has 1 fully saturated rings. The molecule has 1 unspecified atom stereocenters. The van der Waals surface area contributed by atoms with Crippen LogP contribution < -0.4 is 10.2 Å². The van der Waals surface area contributed by atoms with Crippen molar-refractivity contribution in [2.24, 2.45) is 0 Å². The fourth-order valence-corrected chi connectivity index (χ4v) is 2.08. The smallest absolute Gasteiger partial charge is 0.164 e. The number of piperazine rings is 1. The van der Waals surface area contributed by atoms with Crippen LogP contribution in [0.1, 0.15) is 30.6 Å². The molecule has 0 saturated carbocycles. The second-order valence-electron chi connectivity index (χ2n) is 4.48. The summed E-state index contributed by atoms with van der Waals surface area (Å²) in [6, 6.07) is 4.31. The third kappa shape index (κ3) is 2.82. The summed E-state index contributed by atoms with van der Waals surface area (Å²) in [6.07, 6.45) is 2.22. The number of pyridine rings is 1. The lowest BCUT2D eigenvalue weighted by Crippen LogP contribution is -2.49. The summed E-state index contributed by atoms with van der Waals surface area (Å²) >= 11 is 0. The molecule has 4 nitrogen and oxygen atoms in total. The average Bonchev–Trinajstić information content (AvgIpc) is 2.38. The quantitative estimate of drug-likeness (QED) is 0.803. The van der Waals surface area contributed by atoms with Crippen LogP contribution in [-0.4, -0.2) is 36.4 Å². The molecule has 0 aromatic carbocycles. The zero-order valence-electron chi connectivity index (χ0n) is 10.4. The molecule has 0 radical (unpaired) electrons. The highest BCUT2D eigenvalue weighted by Gasteiger charge is 2.16. The van der Waals surface area contributed by atoms with Crippen LogP contribution >= 0.6 is 0 Å². The van der Waals surface area contributed by atoms with Crippen LogP contribution in [0.2, 0.25) is 0 Å². The first-order chi connectivity index (χ1) is 8.20. The summed E-state index contributed by atoms with van der Waals surface area (Å²) in [6.45, 7) is 6.96. The van der Waals surface area contributed by atoms with Crippen LogP contribution in [0.25, 0.3) is 0 Å². The minimum absolute atomic E-state index is 0.151. The number of aromatic nitrogens is 1. The Morgan fingerprint density at radius 1 is 1.59 bits per heavy atom. The summed E-state index contributed by atoms with van der Waals surface area (Å²) in [5, 5.41) is 3.40. The van der Waals surface area contributed by atoms with Crippen molar-refractivity contribution in [1.29, 1.82) is 0 Å². The Morgan fingerprint density at radius 2 is 2.41 bits per heavy atom. The molecule has 1 N–H and O–H groups in total. The van der Waals surface area contributed by atoms with Crippen molar-refractivity contribution in [1.82, 2.24) is 10.3 Å². The lowest BCUT2D eigenvalue weighted by atomic mass is 10.1. The Kier molecular flexibility index (Phi) is 3.74. The molecule has 2 heterocycles. The van der Waals surface area contributed by atoms with E-state index in [1.807, 2.05) is 19.1 Å². The van der Waals surface area contributed by atoms with Crippen LogP contribution in [0.5, 0.6) is 0 Å². The molecule has 1 aliphatic heterocycles. The van der Waals surface area contributed by atoms with Gasteiger partial charge in [-0.05, 0) is 19.1 Å². The van der Waals surface area contributed by atoms with E-state index in [-0.39, 0.29) is 5.78 Å². The van der Waals surface area contributed by atoms with Crippen molar-refractivity contribution in [3.05, 3.63) is 23.9 Å². The van der Waals surface area contributed by atoms with Crippen LogP contribution in [0.15, 0.2) is 18.3 Å². The summed E-state index contributed by atoms with van der Waals surface area (Å²) in [5.41, 5.74) is 0.708. The van der Waals surface area contributed by atoms with E-state index in [9.17, 15) is 4.79 Å². The number of ketones is 1. The number of carbonyl (C=O) groups is 1. The van der Waals surface area contributed by atoms with E-state index in [2.05, 4.69) is 22.1 Å². The van der Waals surface area contributed by atoms with Gasteiger partial charge in [-0.15, -0.1) is 0 Å². The molecule has 1 aromatic rings. The highest BCUT2D eigenvalue weighted by Crippen LogP contribution is 2.14. The number of Topliss-reactive ketones (excluding diaryl/α,β-unsaturated/α-hetero) is 1. The van der Waals surface area contributed by atoms with Crippen LogP contribution in [0.4, 0.5) is 5.82 Å². The molecule has 0 aliphatic carbocycles. The van der Waals surface area contributed by atoms with E-state index >= 15 is 0 Å². The zero-order chi connectivity index (χ0) is 12.3. The Balaban J connectivity index is 2.09. The number of anilines is 1. The van der Waals surface area contributed by atoms with Gasteiger partial charge in [-0.1, -0.05) is 6.92 Å². The minimum atomic E-state index is 0.151. The Labute approximate surface area is 102 Å². The van der Waals surface area contributed by atoms with Gasteiger partial charge in [-0.3, -0.25) is 4.79 Å². The number of hydrogen-bond acceptors (Lipinski definition) is 4. The second-order valence-corrected chi connectivity index (χ2v) is 4.48. The number of rotatable bonds is 3. The first-order valence-electron chi connectivity index (χ1n) is 6.18. The van der Waals surface area contributed by atoms with E-state index in [1.54, 1.807) is 6.20 Å². The lowest BCUT2D eigenvalue weighted by Gasteiger charge is -2.32. The van der Waals surface area contributed by atoms with Gasteiger partial charge in [0.15, 0.2) is 5.78 Å². The van der Waals surface area contributed by atoms with Gasteiger partial charge >= 0.3 is 0 Å². The van der Waals surface area contributed by atoms with E-state index in [1.165, 1.54) is 0 Å². The van der Waals surface area contributed by atoms with Crippen LogP contribution in [0, 0.1) is 0 Å². The van der Waals surface area contributed by atoms with Gasteiger partial charge in [0.1, 0.15) is 5.82 Å². The van der Waals surface area contributed by atoms with Gasteiger partial charge < -0.3 is 10.2 Å². The van der Waals surface area contributed by atoms with Crippen LogP contribution in [-0.2, 0) is 0 Å². The van der Waals surface area contributed by atoms with E-state index in [4.69, 9.17) is 0 Å². The van der Waals surface area contributed by atoms with E-state index in [0.717, 1.165) is 25.5 Å². The molecule has 1 aliphatic rings. The maximum absolute atomic E-state index is 11.5. The number of hydrogen-bond donors (Lipinski definition) is 1. The van der Waals surface area contributed by atoms with Crippen molar-refractivity contribution in [2.45, 2.75) is 26.3 Å². The molecule has 1 atom stereocenters. The van der Waals surface area contributed by atoms with Gasteiger partial charge in [0.05, 0.1) is 0 Å². The maximum Gasteiger partial charge on any atom is 0.164 e. The van der Waals surface area contributed by atoms with Crippen molar-refractivity contribution in [3.63, 3.8) is 0 Å². The second kappa shape index (κ2) is 5.27. The normalized spacial score (nSPS) is 20.4. The fraction of sp³-hybridized carbons (Fsp3) is 0.538. The summed E-state index contributed by atoms with van der Waals surface area (Å²) < 4.78 is 0. The Hall–Kier alpha value is -1.42. The highest BCUT2D eigenvalue weighted by atomic mass is 16.1.